The molecule has 1 aromatic heterocycles. The lowest BCUT2D eigenvalue weighted by molar-refractivity contribution is -0.197. The van der Waals surface area contributed by atoms with Crippen molar-refractivity contribution in [2.75, 3.05) is 20.3 Å². The van der Waals surface area contributed by atoms with Crippen molar-refractivity contribution < 1.29 is 55.0 Å². The molecular formula is C42H54F3N3O9S. The molecule has 1 aromatic carbocycles. The highest BCUT2D eigenvalue weighted by Gasteiger charge is 2.63. The number of carbonyl (C=O) groups excluding carboxylic acids is 4. The molecule has 7 atom stereocenters. The van der Waals surface area contributed by atoms with E-state index in [0.29, 0.717) is 31.6 Å². The van der Waals surface area contributed by atoms with Gasteiger partial charge in [0.05, 0.1) is 37.5 Å². The fourth-order valence-corrected chi connectivity index (χ4v) is 9.78. The minimum atomic E-state index is -4.39. The topological polar surface area (TPSA) is 158 Å². The Balaban J connectivity index is 1.36. The molecular weight excluding hydrogens is 780 g/mol. The van der Waals surface area contributed by atoms with Gasteiger partial charge in [0.2, 0.25) is 33.6 Å². The molecule has 1 N–H and O–H groups in total. The van der Waals surface area contributed by atoms with Gasteiger partial charge >= 0.3 is 5.97 Å². The Morgan fingerprint density at radius 1 is 1.09 bits per heavy atom. The number of aromatic nitrogens is 1. The first-order chi connectivity index (χ1) is 27.2. The van der Waals surface area contributed by atoms with Crippen LogP contribution < -0.4 is 14.2 Å². The molecule has 3 fully saturated rings. The van der Waals surface area contributed by atoms with Crippen molar-refractivity contribution >= 4 is 44.4 Å². The molecule has 0 spiro atoms. The molecule has 0 radical (unpaired) electrons. The molecule has 4 aliphatic rings. The molecule has 0 unspecified atom stereocenters. The normalized spacial score (nSPS) is 29.6. The summed E-state index contributed by atoms with van der Waals surface area (Å²) in [4.78, 5) is 62.8. The summed E-state index contributed by atoms with van der Waals surface area (Å²) in [6.45, 7) is 5.38. The van der Waals surface area contributed by atoms with E-state index in [2.05, 4.69) is 9.71 Å². The second-order valence-electron chi connectivity index (χ2n) is 17.5. The first-order valence-corrected chi connectivity index (χ1v) is 21.5. The summed E-state index contributed by atoms with van der Waals surface area (Å²) in [5, 5.41) is 1.41. The van der Waals surface area contributed by atoms with Crippen molar-refractivity contribution in [1.29, 1.82) is 0 Å². The van der Waals surface area contributed by atoms with Crippen LogP contribution in [0.1, 0.15) is 92.4 Å². The number of carbonyl (C=O) groups is 4. The third kappa shape index (κ3) is 8.72. The fraction of sp³-hybridized carbons (Fsp3) is 0.643. The predicted octanol–water partition coefficient (Wildman–Crippen LogP) is 6.50. The molecule has 12 nitrogen and oxygen atoms in total. The number of hydrogen-bond donors (Lipinski definition) is 1. The highest BCUT2D eigenvalue weighted by molar-refractivity contribution is 7.91. The van der Waals surface area contributed by atoms with Crippen LogP contribution in [0.15, 0.2) is 42.5 Å². The number of allylic oxidation sites excluding steroid dienone is 2. The maximum atomic E-state index is 14.9. The van der Waals surface area contributed by atoms with Gasteiger partial charge in [0, 0.05) is 31.2 Å². The van der Waals surface area contributed by atoms with E-state index in [4.69, 9.17) is 14.2 Å². The highest BCUT2D eigenvalue weighted by Crippen LogP contribution is 2.58. The number of alkyl halides is 3. The maximum absolute atomic E-state index is 14.9. The average molecular weight is 834 g/mol. The number of nitrogens with zero attached hydrogens (tertiary/aromatic N) is 2. The van der Waals surface area contributed by atoms with E-state index in [1.54, 1.807) is 18.2 Å². The smallest absolute Gasteiger partial charge is 0.307 e. The van der Waals surface area contributed by atoms with Crippen LogP contribution >= 0.6 is 0 Å². The van der Waals surface area contributed by atoms with Gasteiger partial charge in [-0.3, -0.25) is 23.9 Å². The number of ether oxygens (including phenoxy) is 3. The van der Waals surface area contributed by atoms with Gasteiger partial charge in [-0.15, -0.1) is 0 Å². The lowest BCUT2D eigenvalue weighted by Gasteiger charge is -2.34. The van der Waals surface area contributed by atoms with Crippen molar-refractivity contribution in [2.24, 2.45) is 29.1 Å². The standard InChI is InChI=1S/C42H54F3N3O9S/c1-25-11-7-9-13-28-21-42(28,38(52)47-58(53,54)41(24-43)15-16-41)22-33(49)32-19-29(56-36-30-14-10-8-12-27(30)18-34(46-36)55-6)23-48(32)37(51)31(26(2)17-25)20-35(50)57-39(3,4)40(5,44)45/h8-10,12-14,18,25-26,28-29,31-32H,7,11,15-17,19-24H2,1-6H3,(H,47,52)/b13-9-/t25-,26-,28-,29-,31+,32+,42-/m1/s1. The summed E-state index contributed by atoms with van der Waals surface area (Å²) < 4.78 is 86.8. The minimum absolute atomic E-state index is 0.0315. The van der Waals surface area contributed by atoms with Crippen LogP contribution in [0.2, 0.25) is 0 Å². The summed E-state index contributed by atoms with van der Waals surface area (Å²) in [6.07, 6.45) is 3.98. The second kappa shape index (κ2) is 16.1. The zero-order valence-electron chi connectivity index (χ0n) is 33.9. The van der Waals surface area contributed by atoms with E-state index < -0.39 is 105 Å². The largest absolute Gasteiger partial charge is 0.481 e. The quantitative estimate of drug-likeness (QED) is 0.196. The lowest BCUT2D eigenvalue weighted by atomic mass is 9.82. The Kier molecular flexibility index (Phi) is 12.0. The Labute approximate surface area is 337 Å². The Morgan fingerprint density at radius 2 is 1.79 bits per heavy atom. The van der Waals surface area contributed by atoms with Crippen LogP contribution in [0.5, 0.6) is 11.8 Å². The number of ketones is 1. The molecule has 2 aromatic rings. The molecule has 3 heterocycles. The number of halogens is 3. The number of amides is 2. The molecule has 2 aliphatic carbocycles. The van der Waals surface area contributed by atoms with Crippen molar-refractivity contribution in [2.45, 2.75) is 121 Å². The highest BCUT2D eigenvalue weighted by atomic mass is 32.2. The first kappa shape index (κ1) is 43.4. The number of fused-ring (bicyclic) bond motifs is 3. The van der Waals surface area contributed by atoms with E-state index in [1.165, 1.54) is 12.0 Å². The number of benzene rings is 1. The third-order valence-electron chi connectivity index (χ3n) is 12.8. The van der Waals surface area contributed by atoms with Gasteiger partial charge in [0.1, 0.15) is 17.5 Å². The average Bonchev–Trinajstić information content (AvgIpc) is 4.06. The molecule has 2 saturated carbocycles. The maximum Gasteiger partial charge on any atom is 0.307 e. The van der Waals surface area contributed by atoms with Crippen LogP contribution in [-0.4, -0.2) is 90.6 Å². The first-order valence-electron chi connectivity index (χ1n) is 20.0. The molecule has 58 heavy (non-hydrogen) atoms. The van der Waals surface area contributed by atoms with E-state index in [9.17, 15) is 40.8 Å². The number of esters is 1. The Bertz CT molecular complexity index is 2070. The third-order valence-corrected chi connectivity index (χ3v) is 14.9. The summed E-state index contributed by atoms with van der Waals surface area (Å²) in [6, 6.07) is 7.86. The monoisotopic (exact) mass is 833 g/mol. The number of rotatable bonds is 11. The molecule has 318 valence electrons. The van der Waals surface area contributed by atoms with E-state index in [-0.39, 0.29) is 49.9 Å². The van der Waals surface area contributed by atoms with Crippen molar-refractivity contribution in [1.82, 2.24) is 14.6 Å². The van der Waals surface area contributed by atoms with Crippen LogP contribution in [0.4, 0.5) is 13.2 Å². The van der Waals surface area contributed by atoms with Gasteiger partial charge in [-0.2, -0.15) is 4.98 Å². The Hall–Kier alpha value is -4.21. The molecule has 16 heteroatoms. The van der Waals surface area contributed by atoms with Gasteiger partial charge in [0.15, 0.2) is 11.4 Å². The van der Waals surface area contributed by atoms with Crippen molar-refractivity contribution in [3.63, 3.8) is 0 Å². The van der Waals surface area contributed by atoms with Gasteiger partial charge < -0.3 is 19.1 Å². The number of hydrogen-bond acceptors (Lipinski definition) is 10. The Morgan fingerprint density at radius 3 is 2.45 bits per heavy atom. The molecule has 1 saturated heterocycles. The SMILES string of the molecule is COc1cc2ccccc2c(O[C@@H]2C[C@H]3C(=O)C[C@]4(C(=O)NS(=O)(=O)C5(CF)CC5)C[C@H]4/C=C\CC[C@@H](C)C[C@@H](C)[C@H](CC(=O)OC(C)(C)C(C)(F)F)C(=O)N3C2)n1. The number of methoxy groups -OCH3 is 1. The van der Waals surface area contributed by atoms with Gasteiger partial charge in [0.25, 0.3) is 5.92 Å². The summed E-state index contributed by atoms with van der Waals surface area (Å²) >= 11 is 0. The zero-order valence-corrected chi connectivity index (χ0v) is 34.7. The van der Waals surface area contributed by atoms with Gasteiger partial charge in [-0.1, -0.05) is 44.2 Å². The van der Waals surface area contributed by atoms with Crippen LogP contribution in [-0.2, 0) is 33.9 Å². The molecule has 6 rings (SSSR count). The van der Waals surface area contributed by atoms with Gasteiger partial charge in [-0.05, 0) is 81.6 Å². The summed E-state index contributed by atoms with van der Waals surface area (Å²) in [5.41, 5.74) is -3.63. The lowest BCUT2D eigenvalue weighted by Crippen LogP contribution is -2.49. The van der Waals surface area contributed by atoms with Crippen LogP contribution in [0, 0.1) is 29.1 Å². The van der Waals surface area contributed by atoms with Crippen molar-refractivity contribution in [3.8, 4) is 11.8 Å². The predicted molar refractivity (Wildman–Crippen MR) is 208 cm³/mol. The van der Waals surface area contributed by atoms with Gasteiger partial charge in [-0.25, -0.2) is 21.6 Å². The molecule has 2 aliphatic heterocycles. The zero-order chi connectivity index (χ0) is 42.4. The number of sulfonamides is 1. The summed E-state index contributed by atoms with van der Waals surface area (Å²) in [7, 11) is -2.93. The molecule has 2 amide bonds. The fourth-order valence-electron chi connectivity index (χ4n) is 8.33. The minimum Gasteiger partial charge on any atom is -0.481 e. The molecule has 0 bridgehead atoms. The number of nitrogens with one attached hydrogen (secondary N) is 1. The number of pyridine rings is 1. The van der Waals surface area contributed by atoms with E-state index in [0.717, 1.165) is 19.2 Å². The van der Waals surface area contributed by atoms with Crippen molar-refractivity contribution in [3.05, 3.63) is 42.5 Å². The van der Waals surface area contributed by atoms with Crippen LogP contribution in [0.25, 0.3) is 10.8 Å². The van der Waals surface area contributed by atoms with Crippen LogP contribution in [0.3, 0.4) is 0 Å². The van der Waals surface area contributed by atoms with E-state index >= 15 is 0 Å². The summed E-state index contributed by atoms with van der Waals surface area (Å²) in [5.74, 6) is -7.88. The number of Topliss-reactive ketones (excluding diaryl/α,β-unsaturated/α-hetero) is 1. The second-order valence-corrected chi connectivity index (χ2v) is 19.6. The van der Waals surface area contributed by atoms with E-state index in [1.807, 2.05) is 38.1 Å².